The number of nitrogens with one attached hydrogen (secondary N) is 2. The summed E-state index contributed by atoms with van der Waals surface area (Å²) in [6, 6.07) is 8.07. The van der Waals surface area contributed by atoms with Crippen molar-refractivity contribution in [2.24, 2.45) is 0 Å². The van der Waals surface area contributed by atoms with Crippen molar-refractivity contribution in [1.82, 2.24) is 9.97 Å². The molecule has 0 atom stereocenters. The maximum Gasteiger partial charge on any atom is 0.227 e. The highest BCUT2D eigenvalue weighted by molar-refractivity contribution is 6.19. The van der Waals surface area contributed by atoms with E-state index in [1.54, 1.807) is 6.20 Å². The second kappa shape index (κ2) is 5.69. The molecule has 2 aromatic rings. The van der Waals surface area contributed by atoms with Crippen LogP contribution in [-0.2, 0) is 4.79 Å². The molecule has 0 unspecified atom stereocenters. The molecule has 0 aliphatic heterocycles. The number of alkyl halides is 1. The van der Waals surface area contributed by atoms with Gasteiger partial charge in [-0.2, -0.15) is 0 Å². The minimum absolute atomic E-state index is 0.144. The van der Waals surface area contributed by atoms with Crippen molar-refractivity contribution in [2.45, 2.75) is 13.3 Å². The van der Waals surface area contributed by atoms with E-state index in [1.165, 1.54) is 5.56 Å². The largest absolute Gasteiger partial charge is 0.324 e. The molecule has 1 aromatic heterocycles. The maximum atomic E-state index is 11.3. The fraction of sp³-hybridized carbons (Fsp3) is 0.231. The van der Waals surface area contributed by atoms with E-state index in [4.69, 9.17) is 11.6 Å². The molecule has 1 amide bonds. The second-order valence-corrected chi connectivity index (χ2v) is 4.38. The van der Waals surface area contributed by atoms with Crippen molar-refractivity contribution >= 4 is 23.5 Å². The van der Waals surface area contributed by atoms with E-state index >= 15 is 0 Å². The van der Waals surface area contributed by atoms with Crippen molar-refractivity contribution in [3.63, 3.8) is 0 Å². The first-order valence-electron chi connectivity index (χ1n) is 5.67. The van der Waals surface area contributed by atoms with Crippen LogP contribution in [-0.4, -0.2) is 21.8 Å². The highest BCUT2D eigenvalue weighted by atomic mass is 35.5. The van der Waals surface area contributed by atoms with Crippen molar-refractivity contribution in [3.8, 4) is 11.3 Å². The van der Waals surface area contributed by atoms with Gasteiger partial charge in [0.05, 0.1) is 11.9 Å². The van der Waals surface area contributed by atoms with Crippen LogP contribution in [0.5, 0.6) is 0 Å². The lowest BCUT2D eigenvalue weighted by atomic mass is 10.1. The molecule has 0 spiro atoms. The van der Waals surface area contributed by atoms with Crippen LogP contribution in [0.1, 0.15) is 12.0 Å². The number of hydrogen-bond donors (Lipinski definition) is 2. The molecule has 18 heavy (non-hydrogen) atoms. The van der Waals surface area contributed by atoms with E-state index in [0.717, 1.165) is 11.3 Å². The zero-order valence-electron chi connectivity index (χ0n) is 10.0. The van der Waals surface area contributed by atoms with Gasteiger partial charge in [0, 0.05) is 12.3 Å². The Kier molecular flexibility index (Phi) is 3.99. The van der Waals surface area contributed by atoms with Gasteiger partial charge < -0.3 is 4.98 Å². The number of carbonyl (C=O) groups is 1. The van der Waals surface area contributed by atoms with Crippen LogP contribution < -0.4 is 5.32 Å². The summed E-state index contributed by atoms with van der Waals surface area (Å²) in [5.41, 5.74) is 3.11. The minimum Gasteiger partial charge on any atom is -0.324 e. The molecule has 5 heteroatoms. The number of anilines is 1. The number of H-pyrrole nitrogens is 1. The predicted molar refractivity (Wildman–Crippen MR) is 72.7 cm³/mol. The van der Waals surface area contributed by atoms with E-state index in [1.807, 2.05) is 31.2 Å². The van der Waals surface area contributed by atoms with Gasteiger partial charge in [0.15, 0.2) is 0 Å². The smallest absolute Gasteiger partial charge is 0.227 e. The first kappa shape index (κ1) is 12.6. The van der Waals surface area contributed by atoms with Crippen LogP contribution in [0.25, 0.3) is 11.3 Å². The van der Waals surface area contributed by atoms with Gasteiger partial charge >= 0.3 is 0 Å². The van der Waals surface area contributed by atoms with Crippen LogP contribution in [0.3, 0.4) is 0 Å². The molecule has 2 rings (SSSR count). The summed E-state index contributed by atoms with van der Waals surface area (Å²) in [5, 5.41) is 2.65. The van der Waals surface area contributed by atoms with Gasteiger partial charge in [0.2, 0.25) is 11.9 Å². The zero-order valence-corrected chi connectivity index (χ0v) is 10.8. The van der Waals surface area contributed by atoms with Gasteiger partial charge in [-0.3, -0.25) is 10.1 Å². The number of nitrogens with zero attached hydrogens (tertiary/aromatic N) is 1. The van der Waals surface area contributed by atoms with Gasteiger partial charge in [-0.1, -0.05) is 29.8 Å². The lowest BCUT2D eigenvalue weighted by molar-refractivity contribution is -0.115. The predicted octanol–water partition coefficient (Wildman–Crippen LogP) is 2.95. The normalized spacial score (nSPS) is 10.3. The summed E-state index contributed by atoms with van der Waals surface area (Å²) in [7, 11) is 0. The van der Waals surface area contributed by atoms with Gasteiger partial charge in [0.1, 0.15) is 0 Å². The van der Waals surface area contributed by atoms with Crippen LogP contribution >= 0.6 is 11.6 Å². The fourth-order valence-electron chi connectivity index (χ4n) is 1.54. The molecule has 4 nitrogen and oxygen atoms in total. The van der Waals surface area contributed by atoms with Gasteiger partial charge in [-0.05, 0) is 12.5 Å². The van der Waals surface area contributed by atoms with E-state index < -0.39 is 0 Å². The fourth-order valence-corrected chi connectivity index (χ4v) is 1.72. The third-order valence-corrected chi connectivity index (χ3v) is 2.71. The summed E-state index contributed by atoms with van der Waals surface area (Å²) in [4.78, 5) is 18.5. The molecule has 0 fully saturated rings. The second-order valence-electron chi connectivity index (χ2n) is 4.00. The lowest BCUT2D eigenvalue weighted by Gasteiger charge is -2.00. The first-order chi connectivity index (χ1) is 8.69. The lowest BCUT2D eigenvalue weighted by Crippen LogP contribution is -2.12. The van der Waals surface area contributed by atoms with Gasteiger partial charge in [0.25, 0.3) is 0 Å². The molecular formula is C13H14ClN3O. The van der Waals surface area contributed by atoms with Crippen LogP contribution in [0, 0.1) is 6.92 Å². The Morgan fingerprint density at radius 1 is 1.39 bits per heavy atom. The number of aromatic nitrogens is 2. The summed E-state index contributed by atoms with van der Waals surface area (Å²) < 4.78 is 0. The van der Waals surface area contributed by atoms with Crippen LogP contribution in [0.2, 0.25) is 0 Å². The number of benzene rings is 1. The number of halogens is 1. The Balaban J connectivity index is 2.10. The van der Waals surface area contributed by atoms with E-state index in [0.29, 0.717) is 11.8 Å². The van der Waals surface area contributed by atoms with Crippen molar-refractivity contribution in [2.75, 3.05) is 11.2 Å². The quantitative estimate of drug-likeness (QED) is 0.834. The Labute approximate surface area is 110 Å². The third-order valence-electron chi connectivity index (χ3n) is 2.52. The molecule has 0 saturated carbocycles. The van der Waals surface area contributed by atoms with E-state index in [-0.39, 0.29) is 12.3 Å². The van der Waals surface area contributed by atoms with Gasteiger partial charge in [-0.15, -0.1) is 11.6 Å². The average molecular weight is 264 g/mol. The number of imidazole rings is 1. The van der Waals surface area contributed by atoms with Crippen molar-refractivity contribution in [1.29, 1.82) is 0 Å². The summed E-state index contributed by atoms with van der Waals surface area (Å²) in [6.07, 6.45) is 1.98. The molecule has 1 aromatic carbocycles. The monoisotopic (exact) mass is 263 g/mol. The number of hydrogen-bond acceptors (Lipinski definition) is 2. The van der Waals surface area contributed by atoms with Crippen molar-refractivity contribution in [3.05, 3.63) is 36.0 Å². The number of aryl methyl sites for hydroxylation is 1. The minimum atomic E-state index is -0.144. The maximum absolute atomic E-state index is 11.3. The molecular weight excluding hydrogens is 250 g/mol. The van der Waals surface area contributed by atoms with E-state index in [2.05, 4.69) is 15.3 Å². The Morgan fingerprint density at radius 3 is 2.78 bits per heavy atom. The molecule has 0 aliphatic carbocycles. The van der Waals surface area contributed by atoms with Crippen LogP contribution in [0.15, 0.2) is 30.5 Å². The topological polar surface area (TPSA) is 57.8 Å². The molecule has 0 radical (unpaired) electrons. The molecule has 2 N–H and O–H groups in total. The number of amides is 1. The Morgan fingerprint density at radius 2 is 2.11 bits per heavy atom. The molecule has 0 saturated heterocycles. The summed E-state index contributed by atoms with van der Waals surface area (Å²) in [5.74, 6) is 0.604. The number of aromatic amines is 1. The van der Waals surface area contributed by atoms with Crippen molar-refractivity contribution < 1.29 is 4.79 Å². The average Bonchev–Trinajstić information content (AvgIpc) is 2.78. The molecule has 0 bridgehead atoms. The third kappa shape index (κ3) is 3.11. The molecule has 1 heterocycles. The SMILES string of the molecule is Cc1ccc(-c2cnc(NC(=O)CCCl)[nH]2)cc1. The van der Waals surface area contributed by atoms with E-state index in [9.17, 15) is 4.79 Å². The summed E-state index contributed by atoms with van der Waals surface area (Å²) >= 11 is 5.49. The van der Waals surface area contributed by atoms with Crippen LogP contribution in [0.4, 0.5) is 5.95 Å². The Bertz CT molecular complexity index is 533. The highest BCUT2D eigenvalue weighted by Gasteiger charge is 2.06. The number of carbonyl (C=O) groups excluding carboxylic acids is 1. The first-order valence-corrected chi connectivity index (χ1v) is 6.20. The highest BCUT2D eigenvalue weighted by Crippen LogP contribution is 2.18. The molecule has 94 valence electrons. The Hall–Kier alpha value is -1.81. The van der Waals surface area contributed by atoms with Gasteiger partial charge in [-0.25, -0.2) is 4.98 Å². The zero-order chi connectivity index (χ0) is 13.0. The standard InChI is InChI=1S/C13H14ClN3O/c1-9-2-4-10(5-3-9)11-8-15-13(16-11)17-12(18)6-7-14/h2-5,8H,6-7H2,1H3,(H2,15,16,17,18). The number of rotatable bonds is 4. The molecule has 0 aliphatic rings. The summed E-state index contributed by atoms with van der Waals surface area (Å²) in [6.45, 7) is 2.04.